The normalized spacial score (nSPS) is 21.0. The first kappa shape index (κ1) is 23.9. The fourth-order valence-corrected chi connectivity index (χ4v) is 3.21. The summed E-state index contributed by atoms with van der Waals surface area (Å²) in [5, 5.41) is 14.7. The Morgan fingerprint density at radius 2 is 1.64 bits per heavy atom. The van der Waals surface area contributed by atoms with E-state index in [1.165, 1.54) is 11.8 Å². The van der Waals surface area contributed by atoms with Crippen LogP contribution in [0.15, 0.2) is 0 Å². The third kappa shape index (κ3) is 5.92. The molecule has 9 nitrogen and oxygen atoms in total. The molecule has 160 valence electrons. The number of carboxylic acids is 1. The molecule has 1 aliphatic rings. The average Bonchev–Trinajstić information content (AvgIpc) is 3.12. The van der Waals surface area contributed by atoms with Crippen molar-refractivity contribution in [2.75, 3.05) is 6.54 Å². The van der Waals surface area contributed by atoms with Gasteiger partial charge in [0.05, 0.1) is 6.04 Å². The highest BCUT2D eigenvalue weighted by molar-refractivity contribution is 5.94. The van der Waals surface area contributed by atoms with Crippen LogP contribution in [0.2, 0.25) is 0 Å². The minimum absolute atomic E-state index is 0.191. The molecule has 3 amide bonds. The molecule has 0 aliphatic carbocycles. The molecule has 9 heteroatoms. The monoisotopic (exact) mass is 398 g/mol. The Labute approximate surface area is 166 Å². The molecule has 0 aromatic carbocycles. The van der Waals surface area contributed by atoms with Gasteiger partial charge in [-0.3, -0.25) is 14.4 Å². The Hall–Kier alpha value is -2.16. The Balaban J connectivity index is 3.00. The van der Waals surface area contributed by atoms with Crippen LogP contribution in [0.1, 0.15) is 53.9 Å². The molecule has 0 aromatic heterocycles. The van der Waals surface area contributed by atoms with E-state index in [1.54, 1.807) is 13.8 Å². The minimum atomic E-state index is -1.04. The lowest BCUT2D eigenvalue weighted by atomic mass is 9.95. The fraction of sp³-hybridized carbons (Fsp3) is 0.789. The van der Waals surface area contributed by atoms with Gasteiger partial charge in [-0.2, -0.15) is 0 Å². The molecular formula is C19H34N4O5. The lowest BCUT2D eigenvalue weighted by Gasteiger charge is -2.32. The van der Waals surface area contributed by atoms with E-state index in [0.717, 1.165) is 0 Å². The second-order valence-corrected chi connectivity index (χ2v) is 7.92. The molecule has 1 rings (SSSR count). The van der Waals surface area contributed by atoms with Gasteiger partial charge in [0, 0.05) is 6.54 Å². The number of hydrogen-bond donors (Lipinski definition) is 4. The molecule has 0 radical (unpaired) electrons. The maximum Gasteiger partial charge on any atom is 0.326 e. The molecule has 0 bridgehead atoms. The molecule has 5 unspecified atom stereocenters. The summed E-state index contributed by atoms with van der Waals surface area (Å²) in [7, 11) is 0. The lowest BCUT2D eigenvalue weighted by Crippen LogP contribution is -2.59. The Morgan fingerprint density at radius 3 is 2.11 bits per heavy atom. The predicted molar refractivity (Wildman–Crippen MR) is 104 cm³/mol. The third-order valence-electron chi connectivity index (χ3n) is 5.26. The van der Waals surface area contributed by atoms with Crippen LogP contribution in [0.5, 0.6) is 0 Å². The summed E-state index contributed by atoms with van der Waals surface area (Å²) in [6, 6.07) is -3.32. The van der Waals surface area contributed by atoms with Gasteiger partial charge in [0.1, 0.15) is 18.1 Å². The lowest BCUT2D eigenvalue weighted by molar-refractivity contribution is -0.150. The number of nitrogens with one attached hydrogen (secondary N) is 2. The zero-order valence-corrected chi connectivity index (χ0v) is 17.4. The zero-order valence-electron chi connectivity index (χ0n) is 17.4. The summed E-state index contributed by atoms with van der Waals surface area (Å²) in [4.78, 5) is 50.6. The van der Waals surface area contributed by atoms with Crippen molar-refractivity contribution in [2.45, 2.75) is 78.0 Å². The summed E-state index contributed by atoms with van der Waals surface area (Å²) in [6.07, 6.45) is 1.64. The van der Waals surface area contributed by atoms with Crippen molar-refractivity contribution in [3.8, 4) is 0 Å². The largest absolute Gasteiger partial charge is 0.480 e. The van der Waals surface area contributed by atoms with Crippen LogP contribution in [-0.4, -0.2) is 64.4 Å². The number of nitrogens with two attached hydrogens (primary N) is 1. The van der Waals surface area contributed by atoms with Crippen molar-refractivity contribution in [1.82, 2.24) is 15.5 Å². The molecule has 1 heterocycles. The quantitative estimate of drug-likeness (QED) is 0.433. The van der Waals surface area contributed by atoms with Crippen molar-refractivity contribution in [1.29, 1.82) is 0 Å². The maximum absolute atomic E-state index is 13.1. The standard InChI is InChI=1S/C19H34N4O5/c1-6-11(4)15(18(26)23-9-7-8-13(23)19(27)28)22-17(25)14(10(2)3)21-16(24)12(5)20/h10-15H,6-9,20H2,1-5H3,(H,21,24)(H,22,25)(H,27,28). The average molecular weight is 399 g/mol. The number of likely N-dealkylation sites (tertiary alicyclic amines) is 1. The molecule has 0 spiro atoms. The minimum Gasteiger partial charge on any atom is -0.480 e. The van der Waals surface area contributed by atoms with Gasteiger partial charge in [-0.15, -0.1) is 0 Å². The summed E-state index contributed by atoms with van der Waals surface area (Å²) in [5.74, 6) is -2.77. The van der Waals surface area contributed by atoms with Gasteiger partial charge >= 0.3 is 5.97 Å². The SMILES string of the molecule is CCC(C)C(NC(=O)C(NC(=O)C(C)N)C(C)C)C(=O)N1CCCC1C(=O)O. The maximum atomic E-state index is 13.1. The summed E-state index contributed by atoms with van der Waals surface area (Å²) in [6.45, 7) is 9.18. The van der Waals surface area contributed by atoms with E-state index in [9.17, 15) is 24.3 Å². The summed E-state index contributed by atoms with van der Waals surface area (Å²) >= 11 is 0. The van der Waals surface area contributed by atoms with Crippen molar-refractivity contribution in [3.63, 3.8) is 0 Å². The summed E-state index contributed by atoms with van der Waals surface area (Å²) in [5.41, 5.74) is 5.57. The molecular weight excluding hydrogens is 364 g/mol. The highest BCUT2D eigenvalue weighted by Gasteiger charge is 2.40. The van der Waals surface area contributed by atoms with Crippen LogP contribution in [0.25, 0.3) is 0 Å². The molecule has 0 saturated carbocycles. The molecule has 28 heavy (non-hydrogen) atoms. The molecule has 5 N–H and O–H groups in total. The number of carboxylic acid groups (broad SMARTS) is 1. The van der Waals surface area contributed by atoms with Crippen LogP contribution in [0.4, 0.5) is 0 Å². The second kappa shape index (κ2) is 10.4. The second-order valence-electron chi connectivity index (χ2n) is 7.92. The van der Waals surface area contributed by atoms with E-state index in [2.05, 4.69) is 10.6 Å². The third-order valence-corrected chi connectivity index (χ3v) is 5.26. The van der Waals surface area contributed by atoms with Gasteiger partial charge in [-0.25, -0.2) is 4.79 Å². The van der Waals surface area contributed by atoms with Gasteiger partial charge in [0.15, 0.2) is 0 Å². The van der Waals surface area contributed by atoms with Gasteiger partial charge < -0.3 is 26.4 Å². The Kier molecular flexibility index (Phi) is 8.87. The number of nitrogens with zero attached hydrogens (tertiary/aromatic N) is 1. The Morgan fingerprint density at radius 1 is 1.07 bits per heavy atom. The van der Waals surface area contributed by atoms with Crippen LogP contribution in [0.3, 0.4) is 0 Å². The van der Waals surface area contributed by atoms with Gasteiger partial charge in [0.25, 0.3) is 0 Å². The van der Waals surface area contributed by atoms with E-state index < -0.39 is 47.9 Å². The highest BCUT2D eigenvalue weighted by Crippen LogP contribution is 2.21. The highest BCUT2D eigenvalue weighted by atomic mass is 16.4. The molecule has 1 fully saturated rings. The van der Waals surface area contributed by atoms with Gasteiger partial charge in [-0.05, 0) is 31.6 Å². The van der Waals surface area contributed by atoms with E-state index in [0.29, 0.717) is 25.8 Å². The van der Waals surface area contributed by atoms with E-state index in [4.69, 9.17) is 5.73 Å². The van der Waals surface area contributed by atoms with E-state index >= 15 is 0 Å². The van der Waals surface area contributed by atoms with Crippen LogP contribution < -0.4 is 16.4 Å². The number of rotatable bonds is 9. The predicted octanol–water partition coefficient (Wildman–Crippen LogP) is 0.0809. The summed E-state index contributed by atoms with van der Waals surface area (Å²) < 4.78 is 0. The fourth-order valence-electron chi connectivity index (χ4n) is 3.21. The van der Waals surface area contributed by atoms with E-state index in [1.807, 2.05) is 13.8 Å². The first-order chi connectivity index (χ1) is 13.0. The number of carbonyl (C=O) groups excluding carboxylic acids is 3. The molecule has 1 saturated heterocycles. The van der Waals surface area contributed by atoms with Crippen LogP contribution in [-0.2, 0) is 19.2 Å². The van der Waals surface area contributed by atoms with Crippen LogP contribution >= 0.6 is 0 Å². The number of amides is 3. The first-order valence-corrected chi connectivity index (χ1v) is 9.90. The van der Waals surface area contributed by atoms with Crippen molar-refractivity contribution >= 4 is 23.7 Å². The van der Waals surface area contributed by atoms with Crippen molar-refractivity contribution in [3.05, 3.63) is 0 Å². The van der Waals surface area contributed by atoms with Crippen LogP contribution in [0, 0.1) is 11.8 Å². The zero-order chi connectivity index (χ0) is 21.6. The van der Waals surface area contributed by atoms with Crippen molar-refractivity contribution < 1.29 is 24.3 Å². The van der Waals surface area contributed by atoms with Gasteiger partial charge in [0.2, 0.25) is 17.7 Å². The van der Waals surface area contributed by atoms with Crippen molar-refractivity contribution in [2.24, 2.45) is 17.6 Å². The van der Waals surface area contributed by atoms with E-state index in [-0.39, 0.29) is 11.8 Å². The number of hydrogen-bond acceptors (Lipinski definition) is 5. The molecule has 0 aromatic rings. The number of aliphatic carboxylic acids is 1. The smallest absolute Gasteiger partial charge is 0.326 e. The Bertz CT molecular complexity index is 593. The first-order valence-electron chi connectivity index (χ1n) is 9.90. The number of carbonyl (C=O) groups is 4. The topological polar surface area (TPSA) is 142 Å². The molecule has 5 atom stereocenters. The van der Waals surface area contributed by atoms with Gasteiger partial charge in [-0.1, -0.05) is 34.1 Å². The molecule has 1 aliphatic heterocycles.